The van der Waals surface area contributed by atoms with Crippen LogP contribution in [0.5, 0.6) is 0 Å². The van der Waals surface area contributed by atoms with Gasteiger partial charge in [0.05, 0.1) is 12.7 Å². The predicted octanol–water partition coefficient (Wildman–Crippen LogP) is 3.22. The summed E-state index contributed by atoms with van der Waals surface area (Å²) in [6.45, 7) is 7.18. The minimum absolute atomic E-state index is 0.0382. The molecular formula is C26H32FN3O3. The van der Waals surface area contributed by atoms with Gasteiger partial charge in [-0.15, -0.1) is 0 Å². The monoisotopic (exact) mass is 453 g/mol. The number of hydrogen-bond donors (Lipinski definition) is 1. The maximum atomic E-state index is 13.1. The number of hydrogen-bond acceptors (Lipinski definition) is 4. The van der Waals surface area contributed by atoms with E-state index in [9.17, 15) is 14.0 Å². The number of halogens is 1. The van der Waals surface area contributed by atoms with Crippen LogP contribution < -0.4 is 5.32 Å². The second kappa shape index (κ2) is 10.9. The molecule has 6 nitrogen and oxygen atoms in total. The highest BCUT2D eigenvalue weighted by atomic mass is 19.1. The van der Waals surface area contributed by atoms with Gasteiger partial charge in [0.15, 0.2) is 0 Å². The zero-order chi connectivity index (χ0) is 23.2. The van der Waals surface area contributed by atoms with Crippen LogP contribution in [0.2, 0.25) is 0 Å². The summed E-state index contributed by atoms with van der Waals surface area (Å²) in [7, 11) is 0. The largest absolute Gasteiger partial charge is 0.376 e. The van der Waals surface area contributed by atoms with Crippen molar-refractivity contribution >= 4 is 11.8 Å². The number of morpholine rings is 1. The summed E-state index contributed by atoms with van der Waals surface area (Å²) < 4.78 is 18.7. The molecule has 176 valence electrons. The van der Waals surface area contributed by atoms with Crippen molar-refractivity contribution in [2.45, 2.75) is 39.0 Å². The van der Waals surface area contributed by atoms with Crippen LogP contribution >= 0.6 is 0 Å². The number of carbonyl (C=O) groups excluding carboxylic acids is 2. The minimum atomic E-state index is -0.358. The Balaban J connectivity index is 1.23. The molecule has 1 atom stereocenters. The summed E-state index contributed by atoms with van der Waals surface area (Å²) in [5.74, 6) is -0.528. The number of piperidine rings is 1. The molecule has 2 saturated heterocycles. The van der Waals surface area contributed by atoms with Crippen molar-refractivity contribution in [2.24, 2.45) is 5.92 Å². The number of nitrogens with zero attached hydrogens (tertiary/aromatic N) is 2. The van der Waals surface area contributed by atoms with Crippen molar-refractivity contribution in [3.05, 3.63) is 71.0 Å². The van der Waals surface area contributed by atoms with E-state index in [1.54, 1.807) is 4.90 Å². The van der Waals surface area contributed by atoms with E-state index in [-0.39, 0.29) is 29.7 Å². The van der Waals surface area contributed by atoms with Gasteiger partial charge in [-0.3, -0.25) is 14.5 Å². The van der Waals surface area contributed by atoms with E-state index in [1.165, 1.54) is 29.8 Å². The van der Waals surface area contributed by atoms with Crippen LogP contribution in [-0.2, 0) is 22.6 Å². The molecule has 2 aromatic carbocycles. The van der Waals surface area contributed by atoms with Gasteiger partial charge in [0.1, 0.15) is 5.82 Å². The highest BCUT2D eigenvalue weighted by molar-refractivity contribution is 5.94. The number of ether oxygens (including phenoxy) is 1. The molecule has 0 saturated carbocycles. The van der Waals surface area contributed by atoms with E-state index < -0.39 is 0 Å². The zero-order valence-electron chi connectivity index (χ0n) is 19.1. The molecule has 0 radical (unpaired) electrons. The lowest BCUT2D eigenvalue weighted by Gasteiger charge is -2.31. The van der Waals surface area contributed by atoms with Crippen LogP contribution in [0.1, 0.15) is 41.3 Å². The third-order valence-electron chi connectivity index (χ3n) is 6.43. The van der Waals surface area contributed by atoms with Gasteiger partial charge >= 0.3 is 0 Å². The molecule has 0 aromatic heterocycles. The SMILES string of the molecule is CC1CN(Cc2cccc(CNC(=O)C3CCN(C(=O)c4ccc(F)cc4)CC3)c2)CCO1. The average Bonchev–Trinajstić information content (AvgIpc) is 2.83. The first kappa shape index (κ1) is 23.4. The molecule has 2 aromatic rings. The number of amides is 2. The molecule has 2 fully saturated rings. The van der Waals surface area contributed by atoms with Gasteiger partial charge in [-0.05, 0) is 55.2 Å². The van der Waals surface area contributed by atoms with E-state index in [0.29, 0.717) is 38.0 Å². The second-order valence-corrected chi connectivity index (χ2v) is 9.03. The second-order valence-electron chi connectivity index (χ2n) is 9.03. The van der Waals surface area contributed by atoms with Crippen LogP contribution in [0.25, 0.3) is 0 Å². The van der Waals surface area contributed by atoms with Crippen molar-refractivity contribution in [3.8, 4) is 0 Å². The van der Waals surface area contributed by atoms with E-state index in [0.717, 1.165) is 31.8 Å². The van der Waals surface area contributed by atoms with Crippen LogP contribution in [0.15, 0.2) is 48.5 Å². The molecular weight excluding hydrogens is 421 g/mol. The molecule has 1 unspecified atom stereocenters. The van der Waals surface area contributed by atoms with Crippen LogP contribution in [0.4, 0.5) is 4.39 Å². The van der Waals surface area contributed by atoms with Crippen molar-refractivity contribution in [2.75, 3.05) is 32.8 Å². The molecule has 0 aliphatic carbocycles. The Morgan fingerprint density at radius 2 is 1.79 bits per heavy atom. The summed E-state index contributed by atoms with van der Waals surface area (Å²) >= 11 is 0. The van der Waals surface area contributed by atoms with Crippen molar-refractivity contribution in [3.63, 3.8) is 0 Å². The van der Waals surface area contributed by atoms with Gasteiger partial charge in [-0.25, -0.2) is 4.39 Å². The molecule has 2 amide bonds. The fourth-order valence-electron chi connectivity index (χ4n) is 4.58. The predicted molar refractivity (Wildman–Crippen MR) is 124 cm³/mol. The average molecular weight is 454 g/mol. The summed E-state index contributed by atoms with van der Waals surface area (Å²) in [6, 6.07) is 14.0. The maximum Gasteiger partial charge on any atom is 0.253 e. The van der Waals surface area contributed by atoms with Crippen LogP contribution in [0.3, 0.4) is 0 Å². The summed E-state index contributed by atoms with van der Waals surface area (Å²) in [5, 5.41) is 3.07. The smallest absolute Gasteiger partial charge is 0.253 e. The molecule has 0 spiro atoms. The molecule has 0 bridgehead atoms. The van der Waals surface area contributed by atoms with Crippen molar-refractivity contribution in [1.82, 2.24) is 15.1 Å². The van der Waals surface area contributed by atoms with Gasteiger partial charge < -0.3 is 15.0 Å². The number of benzene rings is 2. The van der Waals surface area contributed by atoms with Gasteiger partial charge in [-0.2, -0.15) is 0 Å². The summed E-state index contributed by atoms with van der Waals surface area (Å²) in [5.41, 5.74) is 2.81. The van der Waals surface area contributed by atoms with E-state index >= 15 is 0 Å². The van der Waals surface area contributed by atoms with Crippen LogP contribution in [-0.4, -0.2) is 60.5 Å². The minimum Gasteiger partial charge on any atom is -0.376 e. The summed E-state index contributed by atoms with van der Waals surface area (Å²) in [4.78, 5) is 29.4. The normalized spacial score (nSPS) is 19.9. The highest BCUT2D eigenvalue weighted by Gasteiger charge is 2.27. The third-order valence-corrected chi connectivity index (χ3v) is 6.43. The first-order valence-corrected chi connectivity index (χ1v) is 11.7. The number of carbonyl (C=O) groups is 2. The Morgan fingerprint density at radius 1 is 1.06 bits per heavy atom. The first-order chi connectivity index (χ1) is 16.0. The lowest BCUT2D eigenvalue weighted by Crippen LogP contribution is -2.43. The first-order valence-electron chi connectivity index (χ1n) is 11.7. The number of likely N-dealkylation sites (tertiary alicyclic amines) is 1. The number of rotatable bonds is 6. The lowest BCUT2D eigenvalue weighted by molar-refractivity contribution is -0.126. The fourth-order valence-corrected chi connectivity index (χ4v) is 4.58. The molecule has 33 heavy (non-hydrogen) atoms. The Labute approximate surface area is 194 Å². The fraction of sp³-hybridized carbons (Fsp3) is 0.462. The summed E-state index contributed by atoms with van der Waals surface area (Å²) in [6.07, 6.45) is 1.53. The van der Waals surface area contributed by atoms with Crippen LogP contribution in [0, 0.1) is 11.7 Å². The highest BCUT2D eigenvalue weighted by Crippen LogP contribution is 2.20. The van der Waals surface area contributed by atoms with Gasteiger partial charge in [0.2, 0.25) is 5.91 Å². The molecule has 4 rings (SSSR count). The third kappa shape index (κ3) is 6.39. The lowest BCUT2D eigenvalue weighted by atomic mass is 9.95. The number of nitrogens with one attached hydrogen (secondary N) is 1. The zero-order valence-corrected chi connectivity index (χ0v) is 19.1. The van der Waals surface area contributed by atoms with E-state index in [1.807, 2.05) is 12.1 Å². The Hall–Kier alpha value is -2.77. The standard InChI is InChI=1S/C26H32FN3O3/c1-19-17-29(13-14-33-19)18-21-4-2-3-20(15-21)16-28-25(31)22-9-11-30(12-10-22)26(32)23-5-7-24(27)8-6-23/h2-8,15,19,22H,9-14,16-18H2,1H3,(H,28,31). The van der Waals surface area contributed by atoms with E-state index in [2.05, 4.69) is 29.3 Å². The van der Waals surface area contributed by atoms with Gasteiger partial charge in [0.25, 0.3) is 5.91 Å². The van der Waals surface area contributed by atoms with Crippen molar-refractivity contribution in [1.29, 1.82) is 0 Å². The Morgan fingerprint density at radius 3 is 2.52 bits per heavy atom. The Bertz CT molecular complexity index is 958. The van der Waals surface area contributed by atoms with Gasteiger partial charge in [0, 0.05) is 50.7 Å². The molecule has 2 aliphatic heterocycles. The molecule has 2 heterocycles. The quantitative estimate of drug-likeness (QED) is 0.730. The molecule has 1 N–H and O–H groups in total. The topological polar surface area (TPSA) is 61.9 Å². The maximum absolute atomic E-state index is 13.1. The van der Waals surface area contributed by atoms with Gasteiger partial charge in [-0.1, -0.05) is 24.3 Å². The molecule has 2 aliphatic rings. The molecule has 7 heteroatoms. The van der Waals surface area contributed by atoms with Crippen molar-refractivity contribution < 1.29 is 18.7 Å². The Kier molecular flexibility index (Phi) is 7.73. The van der Waals surface area contributed by atoms with E-state index in [4.69, 9.17) is 4.74 Å².